The van der Waals surface area contributed by atoms with Crippen LogP contribution in [-0.4, -0.2) is 28.2 Å². The van der Waals surface area contributed by atoms with E-state index < -0.39 is 0 Å². The third kappa shape index (κ3) is 1.78. The number of aliphatic hydroxyl groups is 1. The quantitative estimate of drug-likeness (QED) is 0.537. The number of nitrogens with two attached hydrogens (primary N) is 1. The standard InChI is InChI=1S/C6H10N2O3/c7-5-3-8(4-6(5)10)11-2-1-9/h3-4,9-10H,1-2,7H2. The summed E-state index contributed by atoms with van der Waals surface area (Å²) in [6.45, 7) is 0.104. The molecule has 0 aliphatic rings. The molecule has 0 unspecified atom stereocenters. The van der Waals surface area contributed by atoms with Crippen molar-refractivity contribution >= 4 is 5.69 Å². The fourth-order valence-electron chi connectivity index (χ4n) is 0.656. The molecule has 0 aliphatic carbocycles. The molecule has 0 aliphatic heterocycles. The summed E-state index contributed by atoms with van der Waals surface area (Å²) >= 11 is 0. The number of hydrogen-bond donors (Lipinski definition) is 3. The molecule has 0 aromatic carbocycles. The van der Waals surface area contributed by atoms with Gasteiger partial charge in [0.1, 0.15) is 6.61 Å². The highest BCUT2D eigenvalue weighted by atomic mass is 16.7. The Hall–Kier alpha value is -1.36. The fraction of sp³-hybridized carbons (Fsp3) is 0.333. The maximum absolute atomic E-state index is 8.95. The lowest BCUT2D eigenvalue weighted by atomic mass is 10.5. The van der Waals surface area contributed by atoms with E-state index >= 15 is 0 Å². The summed E-state index contributed by atoms with van der Waals surface area (Å²) in [4.78, 5) is 4.88. The Morgan fingerprint density at radius 3 is 2.73 bits per heavy atom. The van der Waals surface area contributed by atoms with Crippen LogP contribution in [0.4, 0.5) is 5.69 Å². The van der Waals surface area contributed by atoms with Gasteiger partial charge in [0.25, 0.3) is 0 Å². The van der Waals surface area contributed by atoms with Gasteiger partial charge in [0, 0.05) is 0 Å². The molecule has 1 heterocycles. The summed E-state index contributed by atoms with van der Waals surface area (Å²) < 4.78 is 1.25. The Kier molecular flexibility index (Phi) is 2.22. The average molecular weight is 158 g/mol. The molecule has 0 saturated heterocycles. The maximum Gasteiger partial charge on any atom is 0.159 e. The van der Waals surface area contributed by atoms with E-state index in [-0.39, 0.29) is 24.7 Å². The third-order valence-electron chi connectivity index (χ3n) is 1.14. The zero-order valence-corrected chi connectivity index (χ0v) is 5.90. The molecule has 5 heteroatoms. The van der Waals surface area contributed by atoms with Gasteiger partial charge in [0.15, 0.2) is 5.75 Å². The van der Waals surface area contributed by atoms with Crippen LogP contribution in [0, 0.1) is 0 Å². The molecule has 0 saturated carbocycles. The summed E-state index contributed by atoms with van der Waals surface area (Å²) in [6, 6.07) is 0. The molecule has 1 aromatic rings. The van der Waals surface area contributed by atoms with Crippen molar-refractivity contribution in [2.45, 2.75) is 0 Å². The highest BCUT2D eigenvalue weighted by molar-refractivity contribution is 5.49. The van der Waals surface area contributed by atoms with Crippen molar-refractivity contribution in [3.8, 4) is 5.75 Å². The highest BCUT2D eigenvalue weighted by Gasteiger charge is 2.00. The number of nitrogens with zero attached hydrogens (tertiary/aromatic N) is 1. The van der Waals surface area contributed by atoms with Gasteiger partial charge in [-0.2, -0.15) is 4.73 Å². The minimum Gasteiger partial charge on any atom is -0.504 e. The molecule has 1 aromatic heterocycles. The van der Waals surface area contributed by atoms with Crippen molar-refractivity contribution in [3.05, 3.63) is 12.4 Å². The molecule has 0 bridgehead atoms. The zero-order chi connectivity index (χ0) is 8.27. The van der Waals surface area contributed by atoms with Crippen LogP contribution < -0.4 is 10.6 Å². The van der Waals surface area contributed by atoms with Crippen LogP contribution in [0.25, 0.3) is 0 Å². The Bertz CT molecular complexity index is 214. The molecule has 4 N–H and O–H groups in total. The number of nitrogen functional groups attached to an aromatic ring is 1. The molecule has 1 rings (SSSR count). The Morgan fingerprint density at radius 1 is 1.55 bits per heavy atom. The van der Waals surface area contributed by atoms with E-state index in [0.29, 0.717) is 0 Å². The van der Waals surface area contributed by atoms with Crippen molar-refractivity contribution in [2.24, 2.45) is 0 Å². The average Bonchev–Trinajstić information content (AvgIpc) is 2.28. The van der Waals surface area contributed by atoms with E-state index in [4.69, 9.17) is 20.8 Å². The second-order valence-electron chi connectivity index (χ2n) is 2.02. The van der Waals surface area contributed by atoms with Gasteiger partial charge in [0.05, 0.1) is 24.7 Å². The smallest absolute Gasteiger partial charge is 0.159 e. The van der Waals surface area contributed by atoms with E-state index in [2.05, 4.69) is 0 Å². The summed E-state index contributed by atoms with van der Waals surface area (Å²) in [7, 11) is 0. The molecule has 5 nitrogen and oxygen atoms in total. The van der Waals surface area contributed by atoms with Gasteiger partial charge in [-0.05, 0) is 0 Å². The van der Waals surface area contributed by atoms with Crippen molar-refractivity contribution in [1.82, 2.24) is 4.73 Å². The van der Waals surface area contributed by atoms with Crippen molar-refractivity contribution in [1.29, 1.82) is 0 Å². The van der Waals surface area contributed by atoms with Crippen LogP contribution in [0.15, 0.2) is 12.4 Å². The summed E-state index contributed by atoms with van der Waals surface area (Å²) in [5, 5.41) is 17.3. The number of aliphatic hydroxyl groups excluding tert-OH is 1. The molecular weight excluding hydrogens is 148 g/mol. The van der Waals surface area contributed by atoms with Crippen LogP contribution in [0.5, 0.6) is 5.75 Å². The number of aromatic nitrogens is 1. The predicted octanol–water partition coefficient (Wildman–Crippen LogP) is -0.803. The minimum atomic E-state index is -0.0706. The maximum atomic E-state index is 8.95. The van der Waals surface area contributed by atoms with Crippen molar-refractivity contribution < 1.29 is 15.1 Å². The lowest BCUT2D eigenvalue weighted by molar-refractivity contribution is 0.0757. The van der Waals surface area contributed by atoms with Crippen LogP contribution in [0.3, 0.4) is 0 Å². The number of aromatic hydroxyl groups is 1. The van der Waals surface area contributed by atoms with Crippen LogP contribution in [-0.2, 0) is 0 Å². The Balaban J connectivity index is 2.58. The number of hydrogen-bond acceptors (Lipinski definition) is 4. The SMILES string of the molecule is Nc1cn(OCCO)cc1O. The molecule has 0 amide bonds. The first-order valence-corrected chi connectivity index (χ1v) is 3.14. The van der Waals surface area contributed by atoms with Gasteiger partial charge in [0.2, 0.25) is 0 Å². The molecule has 0 atom stereocenters. The molecule has 0 radical (unpaired) electrons. The largest absolute Gasteiger partial charge is 0.504 e. The van der Waals surface area contributed by atoms with Crippen LogP contribution in [0.1, 0.15) is 0 Å². The molecule has 62 valence electrons. The van der Waals surface area contributed by atoms with Crippen LogP contribution in [0.2, 0.25) is 0 Å². The zero-order valence-electron chi connectivity index (χ0n) is 5.90. The Labute approximate surface area is 63.6 Å². The first-order valence-electron chi connectivity index (χ1n) is 3.14. The molecule has 11 heavy (non-hydrogen) atoms. The number of anilines is 1. The number of rotatable bonds is 3. The van der Waals surface area contributed by atoms with E-state index in [9.17, 15) is 0 Å². The van der Waals surface area contributed by atoms with Gasteiger partial charge in [-0.1, -0.05) is 0 Å². The summed E-state index contributed by atoms with van der Waals surface area (Å²) in [5.41, 5.74) is 5.55. The first kappa shape index (κ1) is 7.74. The predicted molar refractivity (Wildman–Crippen MR) is 39.0 cm³/mol. The fourth-order valence-corrected chi connectivity index (χ4v) is 0.656. The normalized spacial score (nSPS) is 9.91. The van der Waals surface area contributed by atoms with Gasteiger partial charge in [-0.25, -0.2) is 0 Å². The van der Waals surface area contributed by atoms with E-state index in [1.54, 1.807) is 0 Å². The molecular formula is C6H10N2O3. The second-order valence-corrected chi connectivity index (χ2v) is 2.02. The van der Waals surface area contributed by atoms with Gasteiger partial charge < -0.3 is 20.8 Å². The lowest BCUT2D eigenvalue weighted by Gasteiger charge is -2.01. The van der Waals surface area contributed by atoms with Gasteiger partial charge >= 0.3 is 0 Å². The highest BCUT2D eigenvalue weighted by Crippen LogP contribution is 2.18. The van der Waals surface area contributed by atoms with Gasteiger partial charge in [-0.15, -0.1) is 0 Å². The molecule has 0 fully saturated rings. The van der Waals surface area contributed by atoms with Crippen molar-refractivity contribution in [3.63, 3.8) is 0 Å². The van der Waals surface area contributed by atoms with E-state index in [1.807, 2.05) is 0 Å². The van der Waals surface area contributed by atoms with Crippen molar-refractivity contribution in [2.75, 3.05) is 18.9 Å². The van der Waals surface area contributed by atoms with Gasteiger partial charge in [-0.3, -0.25) is 0 Å². The molecule has 0 spiro atoms. The van der Waals surface area contributed by atoms with E-state index in [0.717, 1.165) is 0 Å². The minimum absolute atomic E-state index is 0.0251. The topological polar surface area (TPSA) is 80.6 Å². The summed E-state index contributed by atoms with van der Waals surface area (Å²) in [6.07, 6.45) is 2.75. The second kappa shape index (κ2) is 3.16. The first-order chi connectivity index (χ1) is 5.24. The Morgan fingerprint density at radius 2 is 2.27 bits per heavy atom. The summed E-state index contributed by atoms with van der Waals surface area (Å²) in [5.74, 6) is -0.0251. The van der Waals surface area contributed by atoms with Crippen LogP contribution >= 0.6 is 0 Å². The third-order valence-corrected chi connectivity index (χ3v) is 1.14. The lowest BCUT2D eigenvalue weighted by Crippen LogP contribution is -2.13. The monoisotopic (exact) mass is 158 g/mol. The van der Waals surface area contributed by atoms with E-state index in [1.165, 1.54) is 17.1 Å².